The molecule has 1 aromatic heterocycles. The second-order valence-electron chi connectivity index (χ2n) is 10.4. The van der Waals surface area contributed by atoms with Gasteiger partial charge in [-0.15, -0.1) is 5.10 Å². The van der Waals surface area contributed by atoms with Crippen LogP contribution in [0.15, 0.2) is 30.5 Å². The monoisotopic (exact) mass is 479 g/mol. The number of ether oxygens (including phenoxy) is 2. The van der Waals surface area contributed by atoms with Gasteiger partial charge in [0.15, 0.2) is 18.1 Å². The van der Waals surface area contributed by atoms with Crippen LogP contribution in [0.4, 0.5) is 13.2 Å². The fraction of sp³-hybridized carbons (Fsp3) is 0.667. The summed E-state index contributed by atoms with van der Waals surface area (Å²) >= 11 is 0. The highest BCUT2D eigenvalue weighted by atomic mass is 19.4. The molecule has 8 atom stereocenters. The molecule has 0 radical (unpaired) electrons. The van der Waals surface area contributed by atoms with Crippen molar-refractivity contribution in [1.29, 1.82) is 0 Å². The van der Waals surface area contributed by atoms with Gasteiger partial charge < -0.3 is 9.47 Å². The first-order chi connectivity index (χ1) is 16.1. The molecule has 4 aliphatic heterocycles. The summed E-state index contributed by atoms with van der Waals surface area (Å²) < 4.78 is 55.0. The van der Waals surface area contributed by atoms with Gasteiger partial charge in [-0.25, -0.2) is 14.5 Å². The number of aromatic nitrogens is 3. The number of benzene rings is 1. The Labute approximate surface area is 195 Å². The van der Waals surface area contributed by atoms with Crippen LogP contribution >= 0.6 is 0 Å². The van der Waals surface area contributed by atoms with Gasteiger partial charge in [0.25, 0.3) is 0 Å². The molecule has 7 nitrogen and oxygen atoms in total. The second-order valence-corrected chi connectivity index (χ2v) is 10.4. The van der Waals surface area contributed by atoms with Crippen LogP contribution in [-0.2, 0) is 25.4 Å². The van der Waals surface area contributed by atoms with Crippen molar-refractivity contribution >= 4 is 0 Å². The minimum absolute atomic E-state index is 0.0123. The first-order valence-electron chi connectivity index (χ1n) is 11.9. The lowest BCUT2D eigenvalue weighted by Gasteiger charge is -2.60. The van der Waals surface area contributed by atoms with E-state index in [-0.39, 0.29) is 29.0 Å². The van der Waals surface area contributed by atoms with Crippen LogP contribution < -0.4 is 0 Å². The maximum absolute atomic E-state index is 13.6. The topological polar surface area (TPSA) is 67.6 Å². The van der Waals surface area contributed by atoms with E-state index < -0.39 is 35.6 Å². The number of hydrogen-bond donors (Lipinski definition) is 0. The third kappa shape index (κ3) is 3.18. The summed E-state index contributed by atoms with van der Waals surface area (Å²) in [6, 6.07) is 5.38. The standard InChI is InChI=1S/C24H28F3N3O4/c1-13-8-9-17-14(2)20(31-21-23(17)16(13)10-11-22(3,32-21)33-34-23)30-12-19(28-29-30)15-6-4-5-7-18(15)24(25,26)27/h4-7,12-14,16-17,20-21H,8-11H2,1-3H3/t13-,14-,16+,17+,20-,21-,22+,23-/m1/s1. The molecule has 184 valence electrons. The Bertz CT molecular complexity index is 1090. The molecule has 7 rings (SSSR count). The van der Waals surface area contributed by atoms with Gasteiger partial charge in [-0.2, -0.15) is 13.2 Å². The fourth-order valence-electron chi connectivity index (χ4n) is 6.67. The van der Waals surface area contributed by atoms with Gasteiger partial charge in [0.05, 0.1) is 11.8 Å². The lowest BCUT2D eigenvalue weighted by atomic mass is 9.58. The highest BCUT2D eigenvalue weighted by Gasteiger charge is 2.69. The lowest BCUT2D eigenvalue weighted by Crippen LogP contribution is -2.69. The van der Waals surface area contributed by atoms with E-state index in [9.17, 15) is 13.2 Å². The number of hydrogen-bond acceptors (Lipinski definition) is 6. The molecule has 1 aromatic carbocycles. The number of halogens is 3. The molecule has 0 N–H and O–H groups in total. The Balaban J connectivity index is 1.37. The molecule has 5 aliphatic rings. The highest BCUT2D eigenvalue weighted by molar-refractivity contribution is 5.63. The van der Waals surface area contributed by atoms with E-state index in [0.29, 0.717) is 12.3 Å². The summed E-state index contributed by atoms with van der Waals surface area (Å²) in [6.07, 6.45) is -0.580. The van der Waals surface area contributed by atoms with Crippen molar-refractivity contribution in [2.45, 2.75) is 76.5 Å². The van der Waals surface area contributed by atoms with Gasteiger partial charge in [0, 0.05) is 23.8 Å². The fourth-order valence-corrected chi connectivity index (χ4v) is 6.67. The minimum atomic E-state index is -4.49. The van der Waals surface area contributed by atoms with E-state index in [1.807, 2.05) is 6.92 Å². The third-order valence-corrected chi connectivity index (χ3v) is 8.40. The first kappa shape index (κ1) is 22.5. The molecule has 1 spiro atoms. The van der Waals surface area contributed by atoms with Crippen LogP contribution in [0.1, 0.15) is 58.2 Å². The number of nitrogens with zero attached hydrogens (tertiary/aromatic N) is 3. The van der Waals surface area contributed by atoms with Crippen molar-refractivity contribution in [3.8, 4) is 11.3 Å². The van der Waals surface area contributed by atoms with E-state index in [4.69, 9.17) is 19.2 Å². The first-order valence-corrected chi connectivity index (χ1v) is 11.9. The maximum atomic E-state index is 13.6. The molecule has 34 heavy (non-hydrogen) atoms. The van der Waals surface area contributed by atoms with Crippen LogP contribution in [0.3, 0.4) is 0 Å². The minimum Gasteiger partial charge on any atom is -0.324 e. The zero-order chi connectivity index (χ0) is 23.9. The van der Waals surface area contributed by atoms with Gasteiger partial charge in [0.2, 0.25) is 5.79 Å². The molecule has 1 saturated carbocycles. The second kappa shape index (κ2) is 7.49. The highest BCUT2D eigenvalue weighted by Crippen LogP contribution is 2.61. The van der Waals surface area contributed by atoms with Gasteiger partial charge >= 0.3 is 6.18 Å². The quantitative estimate of drug-likeness (QED) is 0.542. The van der Waals surface area contributed by atoms with E-state index >= 15 is 0 Å². The predicted octanol–water partition coefficient (Wildman–Crippen LogP) is 5.34. The molecule has 5 heterocycles. The molecule has 4 saturated heterocycles. The Morgan fingerprint density at radius 2 is 1.85 bits per heavy atom. The summed E-state index contributed by atoms with van der Waals surface area (Å²) in [7, 11) is 0. The maximum Gasteiger partial charge on any atom is 0.417 e. The van der Waals surface area contributed by atoms with Crippen molar-refractivity contribution < 1.29 is 32.4 Å². The van der Waals surface area contributed by atoms with Crippen LogP contribution in [0.25, 0.3) is 11.3 Å². The average molecular weight is 479 g/mol. The average Bonchev–Trinajstić information content (AvgIpc) is 3.17. The molecular formula is C24H28F3N3O4. The number of alkyl halides is 3. The molecule has 1 aliphatic carbocycles. The van der Waals surface area contributed by atoms with Crippen LogP contribution in [0.2, 0.25) is 0 Å². The van der Waals surface area contributed by atoms with E-state index in [0.717, 1.165) is 25.3 Å². The summed E-state index contributed by atoms with van der Waals surface area (Å²) in [6.45, 7) is 6.17. The zero-order valence-corrected chi connectivity index (χ0v) is 19.3. The van der Waals surface area contributed by atoms with Gasteiger partial charge in [-0.1, -0.05) is 37.3 Å². The Morgan fingerprint density at radius 1 is 1.06 bits per heavy atom. The summed E-state index contributed by atoms with van der Waals surface area (Å²) in [5.41, 5.74) is -1.32. The van der Waals surface area contributed by atoms with Gasteiger partial charge in [-0.3, -0.25) is 0 Å². The zero-order valence-electron chi connectivity index (χ0n) is 19.3. The van der Waals surface area contributed by atoms with Gasteiger partial charge in [0.1, 0.15) is 5.69 Å². The SMILES string of the molecule is C[C@H]1[C@H](n2cc(-c3ccccc3C(F)(F)F)nn2)O[C@@H]2O[C@]3(C)CC[C@H]4[C@H](C)CC[C@@H]1[C@@]24OO3. The summed E-state index contributed by atoms with van der Waals surface area (Å²) in [5.74, 6) is -0.199. The smallest absolute Gasteiger partial charge is 0.324 e. The molecule has 10 heteroatoms. The van der Waals surface area contributed by atoms with Crippen molar-refractivity contribution in [3.63, 3.8) is 0 Å². The summed E-state index contributed by atoms with van der Waals surface area (Å²) in [4.78, 5) is 12.0. The van der Waals surface area contributed by atoms with Crippen LogP contribution in [-0.4, -0.2) is 32.7 Å². The molecular weight excluding hydrogens is 451 g/mol. The Morgan fingerprint density at radius 3 is 2.65 bits per heavy atom. The Kier molecular flexibility index (Phi) is 4.95. The van der Waals surface area contributed by atoms with Crippen molar-refractivity contribution in [1.82, 2.24) is 15.0 Å². The van der Waals surface area contributed by atoms with Gasteiger partial charge in [-0.05, 0) is 44.1 Å². The largest absolute Gasteiger partial charge is 0.417 e. The molecule has 0 amide bonds. The molecule has 2 bridgehead atoms. The predicted molar refractivity (Wildman–Crippen MR) is 113 cm³/mol. The molecule has 5 fully saturated rings. The molecule has 2 aromatic rings. The van der Waals surface area contributed by atoms with Crippen molar-refractivity contribution in [2.24, 2.45) is 23.7 Å². The van der Waals surface area contributed by atoms with E-state index in [1.165, 1.54) is 23.0 Å². The normalized spacial score (nSPS) is 41.7. The van der Waals surface area contributed by atoms with Crippen molar-refractivity contribution in [2.75, 3.05) is 0 Å². The lowest BCUT2D eigenvalue weighted by molar-refractivity contribution is -0.574. The van der Waals surface area contributed by atoms with E-state index in [1.54, 1.807) is 6.07 Å². The number of rotatable bonds is 2. The third-order valence-electron chi connectivity index (χ3n) is 8.40. The molecule has 0 unspecified atom stereocenters. The number of fused-ring (bicyclic) bond motifs is 2. The summed E-state index contributed by atoms with van der Waals surface area (Å²) in [5, 5.41) is 8.28. The van der Waals surface area contributed by atoms with Crippen LogP contribution in [0.5, 0.6) is 0 Å². The van der Waals surface area contributed by atoms with E-state index in [2.05, 4.69) is 24.2 Å². The van der Waals surface area contributed by atoms with Crippen LogP contribution in [0, 0.1) is 23.7 Å². The Hall–Kier alpha value is -2.01. The van der Waals surface area contributed by atoms with Crippen molar-refractivity contribution in [3.05, 3.63) is 36.0 Å².